The average Bonchev–Trinajstić information content (AvgIpc) is 3.05. The van der Waals surface area contributed by atoms with Gasteiger partial charge in [0.15, 0.2) is 0 Å². The zero-order valence-electron chi connectivity index (χ0n) is 26.8. The van der Waals surface area contributed by atoms with Crippen LogP contribution in [-0.4, -0.2) is 50.5 Å². The summed E-state index contributed by atoms with van der Waals surface area (Å²) in [7, 11) is -4.20. The molecule has 0 aromatic heterocycles. The van der Waals surface area contributed by atoms with E-state index in [1.807, 2.05) is 57.4 Å². The Morgan fingerprint density at radius 2 is 1.55 bits per heavy atom. The summed E-state index contributed by atoms with van der Waals surface area (Å²) in [4.78, 5) is 30.9. The molecule has 0 aliphatic carbocycles. The number of aryl methyl sites for hydroxylation is 1. The van der Waals surface area contributed by atoms with Gasteiger partial charge < -0.3 is 10.2 Å². The molecule has 4 rings (SSSR count). The predicted molar refractivity (Wildman–Crippen MR) is 193 cm³/mol. The number of nitrogens with zero attached hydrogens (tertiary/aromatic N) is 2. The lowest BCUT2D eigenvalue weighted by Crippen LogP contribution is -2.53. The number of hydrogen-bond donors (Lipinski definition) is 1. The van der Waals surface area contributed by atoms with E-state index in [-0.39, 0.29) is 29.7 Å². The molecule has 0 fully saturated rings. The molecule has 0 aliphatic heterocycles. The van der Waals surface area contributed by atoms with Gasteiger partial charge in [-0.05, 0) is 78.8 Å². The number of anilines is 1. The molecule has 248 valence electrons. The number of halogens is 2. The van der Waals surface area contributed by atoms with Gasteiger partial charge in [-0.2, -0.15) is 0 Å². The van der Waals surface area contributed by atoms with Crippen LogP contribution in [0.4, 0.5) is 5.69 Å². The summed E-state index contributed by atoms with van der Waals surface area (Å²) in [5.74, 6) is -0.745. The number of benzene rings is 4. The van der Waals surface area contributed by atoms with Crippen molar-refractivity contribution in [1.82, 2.24) is 10.2 Å². The van der Waals surface area contributed by atoms with Gasteiger partial charge in [-0.1, -0.05) is 91.1 Å². The van der Waals surface area contributed by atoms with Crippen LogP contribution in [-0.2, 0) is 32.6 Å². The third-order valence-corrected chi connectivity index (χ3v) is 10.7. The van der Waals surface area contributed by atoms with Gasteiger partial charge in [0, 0.05) is 34.5 Å². The van der Waals surface area contributed by atoms with Gasteiger partial charge in [0.2, 0.25) is 11.8 Å². The molecule has 4 aromatic carbocycles. The number of thioether (sulfide) groups is 1. The fourth-order valence-corrected chi connectivity index (χ4v) is 7.22. The van der Waals surface area contributed by atoms with Crippen molar-refractivity contribution in [1.29, 1.82) is 0 Å². The zero-order chi connectivity index (χ0) is 34.1. The monoisotopic (exact) mass is 711 g/mol. The first-order chi connectivity index (χ1) is 22.4. The van der Waals surface area contributed by atoms with E-state index in [2.05, 4.69) is 5.32 Å². The molecule has 4 aromatic rings. The minimum atomic E-state index is -4.20. The number of hydrogen-bond acceptors (Lipinski definition) is 5. The Balaban J connectivity index is 1.81. The molecule has 0 heterocycles. The first-order valence-electron chi connectivity index (χ1n) is 15.2. The van der Waals surface area contributed by atoms with Gasteiger partial charge in [0.1, 0.15) is 12.6 Å². The summed E-state index contributed by atoms with van der Waals surface area (Å²) in [6.07, 6.45) is 2.11. The van der Waals surface area contributed by atoms with Gasteiger partial charge in [-0.15, -0.1) is 11.8 Å². The lowest BCUT2D eigenvalue weighted by Gasteiger charge is -2.34. The number of carbonyl (C=O) groups excluding carboxylic acids is 2. The van der Waals surface area contributed by atoms with Gasteiger partial charge in [0.25, 0.3) is 10.0 Å². The van der Waals surface area contributed by atoms with Crippen molar-refractivity contribution in [2.75, 3.05) is 23.7 Å². The molecule has 0 aliphatic rings. The molecule has 7 nitrogen and oxygen atoms in total. The van der Waals surface area contributed by atoms with Crippen LogP contribution in [0.15, 0.2) is 107 Å². The van der Waals surface area contributed by atoms with Crippen LogP contribution in [0.1, 0.15) is 30.5 Å². The van der Waals surface area contributed by atoms with Crippen LogP contribution < -0.4 is 9.62 Å². The summed E-state index contributed by atoms with van der Waals surface area (Å²) in [5, 5.41) is 3.74. The van der Waals surface area contributed by atoms with Crippen LogP contribution in [0.25, 0.3) is 0 Å². The van der Waals surface area contributed by atoms with E-state index in [1.165, 1.54) is 28.8 Å². The molecule has 0 saturated carbocycles. The molecule has 47 heavy (non-hydrogen) atoms. The highest BCUT2D eigenvalue weighted by molar-refractivity contribution is 7.98. The SMILES string of the molecule is CSc1ccc(S(=O)(=O)N(CC(=O)N(Cc2ccc(Cl)cc2Cl)[C@H](Cc2ccccc2)C(=O)NCC(C)C)c2ccc(C)cc2)cc1. The van der Waals surface area contributed by atoms with Crippen molar-refractivity contribution >= 4 is 62.5 Å². The molecule has 11 heteroatoms. The Bertz CT molecular complexity index is 1770. The summed E-state index contributed by atoms with van der Waals surface area (Å²) < 4.78 is 29.6. The van der Waals surface area contributed by atoms with Crippen LogP contribution >= 0.6 is 35.0 Å². The van der Waals surface area contributed by atoms with E-state index >= 15 is 0 Å². The Kier molecular flexibility index (Phi) is 12.8. The normalized spacial score (nSPS) is 12.1. The maximum Gasteiger partial charge on any atom is 0.264 e. The predicted octanol–water partition coefficient (Wildman–Crippen LogP) is 7.63. The van der Waals surface area contributed by atoms with Crippen LogP contribution in [0.5, 0.6) is 0 Å². The second-order valence-electron chi connectivity index (χ2n) is 11.6. The first-order valence-corrected chi connectivity index (χ1v) is 18.6. The van der Waals surface area contributed by atoms with Gasteiger partial charge >= 0.3 is 0 Å². The number of sulfonamides is 1. The largest absolute Gasteiger partial charge is 0.354 e. The number of amides is 2. The van der Waals surface area contributed by atoms with E-state index in [0.717, 1.165) is 20.3 Å². The molecule has 0 saturated heterocycles. The summed E-state index contributed by atoms with van der Waals surface area (Å²) in [5.41, 5.74) is 2.67. The summed E-state index contributed by atoms with van der Waals surface area (Å²) in [6, 6.07) is 26.9. The van der Waals surface area contributed by atoms with E-state index in [0.29, 0.717) is 27.8 Å². The van der Waals surface area contributed by atoms with Crippen molar-refractivity contribution in [2.45, 2.75) is 49.6 Å². The Morgan fingerprint density at radius 3 is 2.15 bits per heavy atom. The minimum Gasteiger partial charge on any atom is -0.354 e. The molecule has 0 bridgehead atoms. The first kappa shape index (κ1) is 36.3. The van der Waals surface area contributed by atoms with Crippen molar-refractivity contribution in [3.05, 3.63) is 124 Å². The fourth-order valence-electron chi connectivity index (χ4n) is 4.92. The van der Waals surface area contributed by atoms with Crippen LogP contribution in [0, 0.1) is 12.8 Å². The molecule has 1 atom stereocenters. The maximum absolute atomic E-state index is 14.6. The van der Waals surface area contributed by atoms with Crippen LogP contribution in [0.2, 0.25) is 10.0 Å². The molecule has 0 radical (unpaired) electrons. The van der Waals surface area contributed by atoms with E-state index in [4.69, 9.17) is 23.2 Å². The highest BCUT2D eigenvalue weighted by Gasteiger charge is 2.35. The van der Waals surface area contributed by atoms with Crippen molar-refractivity contribution in [3.8, 4) is 0 Å². The second-order valence-corrected chi connectivity index (χ2v) is 15.2. The maximum atomic E-state index is 14.6. The van der Waals surface area contributed by atoms with Gasteiger partial charge in [0.05, 0.1) is 10.6 Å². The highest BCUT2D eigenvalue weighted by Crippen LogP contribution is 2.28. The number of nitrogens with one attached hydrogen (secondary N) is 1. The van der Waals surface area contributed by atoms with Crippen molar-refractivity contribution < 1.29 is 18.0 Å². The Labute approximate surface area is 292 Å². The number of rotatable bonds is 14. The third-order valence-electron chi connectivity index (χ3n) is 7.56. The lowest BCUT2D eigenvalue weighted by molar-refractivity contribution is -0.140. The van der Waals surface area contributed by atoms with E-state index in [1.54, 1.807) is 54.6 Å². The van der Waals surface area contributed by atoms with E-state index in [9.17, 15) is 18.0 Å². The molecular weight excluding hydrogens is 673 g/mol. The number of carbonyl (C=O) groups is 2. The topological polar surface area (TPSA) is 86.8 Å². The summed E-state index contributed by atoms with van der Waals surface area (Å²) in [6.45, 7) is 5.67. The van der Waals surface area contributed by atoms with Crippen molar-refractivity contribution in [2.24, 2.45) is 5.92 Å². The smallest absolute Gasteiger partial charge is 0.264 e. The molecule has 0 unspecified atom stereocenters. The van der Waals surface area contributed by atoms with E-state index < -0.39 is 28.5 Å². The fraction of sp³-hybridized carbons (Fsp3) is 0.278. The minimum absolute atomic E-state index is 0.0477. The Morgan fingerprint density at radius 1 is 0.894 bits per heavy atom. The second kappa shape index (κ2) is 16.6. The standard InChI is InChI=1S/C36H39Cl2N3O4S2/c1-25(2)22-39-36(43)34(20-27-8-6-5-7-9-27)40(23-28-12-13-29(37)21-33(28)38)35(42)24-41(30-14-10-26(3)11-15-30)47(44,45)32-18-16-31(46-4)17-19-32/h5-19,21,25,34H,20,22-24H2,1-4H3,(H,39,43)/t34-/m1/s1. The Hall–Kier alpha value is -3.50. The van der Waals surface area contributed by atoms with Gasteiger partial charge in [-0.3, -0.25) is 13.9 Å². The van der Waals surface area contributed by atoms with Gasteiger partial charge in [-0.25, -0.2) is 8.42 Å². The average molecular weight is 713 g/mol. The molecule has 0 spiro atoms. The zero-order valence-corrected chi connectivity index (χ0v) is 30.0. The van der Waals surface area contributed by atoms with Crippen LogP contribution in [0.3, 0.4) is 0 Å². The molecule has 2 amide bonds. The quantitative estimate of drug-likeness (QED) is 0.136. The van der Waals surface area contributed by atoms with Crippen molar-refractivity contribution in [3.63, 3.8) is 0 Å². The summed E-state index contributed by atoms with van der Waals surface area (Å²) >= 11 is 14.3. The highest BCUT2D eigenvalue weighted by atomic mass is 35.5. The third kappa shape index (κ3) is 9.76. The lowest BCUT2D eigenvalue weighted by atomic mass is 10.0. The molecule has 1 N–H and O–H groups in total. The molecular formula is C36H39Cl2N3O4S2.